The van der Waals surface area contributed by atoms with Gasteiger partial charge in [0, 0.05) is 37.9 Å². The van der Waals surface area contributed by atoms with E-state index in [1.54, 1.807) is 24.4 Å². The van der Waals surface area contributed by atoms with Crippen LogP contribution in [0.25, 0.3) is 0 Å². The largest absolute Gasteiger partial charge is 0.368 e. The molecule has 2 aromatic heterocycles. The second-order valence-corrected chi connectivity index (χ2v) is 9.93. The van der Waals surface area contributed by atoms with Gasteiger partial charge in [0.15, 0.2) is 0 Å². The minimum atomic E-state index is -0.807. The lowest BCUT2D eigenvalue weighted by molar-refractivity contribution is -0.123. The van der Waals surface area contributed by atoms with Crippen molar-refractivity contribution >= 4 is 17.7 Å². The Kier molecular flexibility index (Phi) is 15.4. The predicted molar refractivity (Wildman–Crippen MR) is 152 cm³/mol. The molecule has 0 aliphatic heterocycles. The number of nitrogens with two attached hydrogens (primary N) is 2. The van der Waals surface area contributed by atoms with Gasteiger partial charge < -0.3 is 32.4 Å². The Morgan fingerprint density at radius 2 is 1.69 bits per heavy atom. The number of pyridine rings is 1. The Bertz CT molecular complexity index is 983. The topological polar surface area (TPSA) is 181 Å². The summed E-state index contributed by atoms with van der Waals surface area (Å²) in [6.45, 7) is 3.30. The van der Waals surface area contributed by atoms with Crippen LogP contribution in [0.1, 0.15) is 93.0 Å². The van der Waals surface area contributed by atoms with Gasteiger partial charge in [0.25, 0.3) is 5.91 Å². The van der Waals surface area contributed by atoms with Crippen LogP contribution in [0.15, 0.2) is 30.7 Å². The molecule has 0 saturated heterocycles. The van der Waals surface area contributed by atoms with Crippen LogP contribution in [-0.2, 0) is 22.6 Å². The SMILES string of the molecule is CCCCCCCCCCCCNC(=O)[C@@H](Cc1cnc[nH]1)NC(=O)c1cccc(CNC[C@H](N)C(N)=O)n1. The number of hydrogen-bond donors (Lipinski definition) is 6. The number of aromatic nitrogens is 3. The average molecular weight is 543 g/mol. The van der Waals surface area contributed by atoms with E-state index < -0.39 is 23.9 Å². The molecule has 216 valence electrons. The molecule has 0 bridgehead atoms. The van der Waals surface area contributed by atoms with E-state index in [4.69, 9.17) is 11.5 Å². The normalized spacial score (nSPS) is 12.6. The van der Waals surface area contributed by atoms with Gasteiger partial charge in [-0.2, -0.15) is 0 Å². The Labute approximate surface area is 231 Å². The first kappa shape index (κ1) is 31.9. The van der Waals surface area contributed by atoms with E-state index in [1.165, 1.54) is 57.7 Å². The van der Waals surface area contributed by atoms with Crippen molar-refractivity contribution < 1.29 is 14.4 Å². The number of nitrogens with zero attached hydrogens (tertiary/aromatic N) is 2. The monoisotopic (exact) mass is 542 g/mol. The lowest BCUT2D eigenvalue weighted by atomic mass is 10.1. The smallest absolute Gasteiger partial charge is 0.270 e. The van der Waals surface area contributed by atoms with E-state index in [9.17, 15) is 14.4 Å². The lowest BCUT2D eigenvalue weighted by Crippen LogP contribution is -2.48. The van der Waals surface area contributed by atoms with Gasteiger partial charge in [-0.25, -0.2) is 9.97 Å². The van der Waals surface area contributed by atoms with Crippen LogP contribution in [0.3, 0.4) is 0 Å². The first-order valence-corrected chi connectivity index (χ1v) is 14.2. The van der Waals surface area contributed by atoms with Crippen LogP contribution in [0, 0.1) is 0 Å². The summed E-state index contributed by atoms with van der Waals surface area (Å²) in [6.07, 6.45) is 15.7. The first-order chi connectivity index (χ1) is 18.9. The third-order valence-corrected chi connectivity index (χ3v) is 6.51. The molecular weight excluding hydrogens is 496 g/mol. The minimum absolute atomic E-state index is 0.186. The van der Waals surface area contributed by atoms with Gasteiger partial charge in [0.05, 0.1) is 18.1 Å². The summed E-state index contributed by atoms with van der Waals surface area (Å²) in [5.74, 6) is -1.30. The third kappa shape index (κ3) is 13.4. The number of imidazole rings is 1. The molecule has 11 nitrogen and oxygen atoms in total. The predicted octanol–water partition coefficient (Wildman–Crippen LogP) is 2.09. The molecule has 0 unspecified atom stereocenters. The van der Waals surface area contributed by atoms with E-state index >= 15 is 0 Å². The van der Waals surface area contributed by atoms with Crippen molar-refractivity contribution in [2.24, 2.45) is 11.5 Å². The van der Waals surface area contributed by atoms with E-state index in [1.807, 2.05) is 0 Å². The van der Waals surface area contributed by atoms with Crippen molar-refractivity contribution in [2.45, 2.75) is 96.2 Å². The van der Waals surface area contributed by atoms with Crippen LogP contribution in [0.5, 0.6) is 0 Å². The van der Waals surface area contributed by atoms with Crippen molar-refractivity contribution in [3.8, 4) is 0 Å². The number of nitrogens with one attached hydrogen (secondary N) is 4. The Morgan fingerprint density at radius 3 is 2.33 bits per heavy atom. The van der Waals surface area contributed by atoms with Gasteiger partial charge >= 0.3 is 0 Å². The molecular formula is C28H46N8O3. The van der Waals surface area contributed by atoms with Crippen molar-refractivity contribution in [1.82, 2.24) is 30.9 Å². The molecule has 11 heteroatoms. The van der Waals surface area contributed by atoms with Gasteiger partial charge in [0.2, 0.25) is 11.8 Å². The highest BCUT2D eigenvalue weighted by Gasteiger charge is 2.23. The van der Waals surface area contributed by atoms with Gasteiger partial charge in [-0.05, 0) is 18.6 Å². The highest BCUT2D eigenvalue weighted by molar-refractivity contribution is 5.96. The number of rotatable bonds is 21. The fourth-order valence-corrected chi connectivity index (χ4v) is 4.17. The molecule has 0 aliphatic carbocycles. The highest BCUT2D eigenvalue weighted by Crippen LogP contribution is 2.10. The number of carbonyl (C=O) groups is 3. The summed E-state index contributed by atoms with van der Waals surface area (Å²) in [6, 6.07) is 3.46. The zero-order valence-corrected chi connectivity index (χ0v) is 23.2. The van der Waals surface area contributed by atoms with Gasteiger partial charge in [-0.3, -0.25) is 14.4 Å². The zero-order valence-electron chi connectivity index (χ0n) is 23.2. The van der Waals surface area contributed by atoms with E-state index in [-0.39, 0.29) is 24.6 Å². The number of aromatic amines is 1. The molecule has 8 N–H and O–H groups in total. The molecule has 0 radical (unpaired) electrons. The standard InChI is InChI=1S/C28H46N8O3/c1-2-3-4-5-6-7-8-9-10-11-15-33-27(38)25(16-22-18-32-20-34-22)36-28(39)24-14-12-13-21(35-24)17-31-19-23(29)26(30)37/h12-14,18,20,23,25,31H,2-11,15-17,19,29H2,1H3,(H2,30,37)(H,32,34)(H,33,38)(H,36,39)/t23-,25+/m0/s1. The van der Waals surface area contributed by atoms with Crippen LogP contribution in [-0.4, -0.2) is 57.8 Å². The maximum atomic E-state index is 13.0. The third-order valence-electron chi connectivity index (χ3n) is 6.51. The number of carbonyl (C=O) groups excluding carboxylic acids is 3. The van der Waals surface area contributed by atoms with Crippen molar-refractivity contribution in [3.63, 3.8) is 0 Å². The Hall–Kier alpha value is -3.31. The molecule has 3 amide bonds. The van der Waals surface area contributed by atoms with E-state index in [2.05, 4.69) is 37.8 Å². The maximum Gasteiger partial charge on any atom is 0.270 e. The first-order valence-electron chi connectivity index (χ1n) is 14.2. The number of hydrogen-bond acceptors (Lipinski definition) is 7. The fourth-order valence-electron chi connectivity index (χ4n) is 4.17. The lowest BCUT2D eigenvalue weighted by Gasteiger charge is -2.18. The molecule has 2 aromatic rings. The summed E-state index contributed by atoms with van der Waals surface area (Å²) in [5, 5.41) is 8.78. The second-order valence-electron chi connectivity index (χ2n) is 9.93. The maximum absolute atomic E-state index is 13.0. The molecule has 0 fully saturated rings. The van der Waals surface area contributed by atoms with Crippen molar-refractivity contribution in [2.75, 3.05) is 13.1 Å². The number of amides is 3. The molecule has 2 heterocycles. The van der Waals surface area contributed by atoms with Gasteiger partial charge in [-0.1, -0.05) is 70.8 Å². The summed E-state index contributed by atoms with van der Waals surface area (Å²) in [5.41, 5.74) is 12.3. The molecule has 0 aliphatic rings. The van der Waals surface area contributed by atoms with Gasteiger partial charge in [0.1, 0.15) is 11.7 Å². The summed E-state index contributed by atoms with van der Waals surface area (Å²) >= 11 is 0. The zero-order chi connectivity index (χ0) is 28.3. The Morgan fingerprint density at radius 1 is 1.00 bits per heavy atom. The average Bonchev–Trinajstić information content (AvgIpc) is 3.44. The highest BCUT2D eigenvalue weighted by atomic mass is 16.2. The molecule has 0 aromatic carbocycles. The Balaban J connectivity index is 1.81. The van der Waals surface area contributed by atoms with Crippen LogP contribution >= 0.6 is 0 Å². The minimum Gasteiger partial charge on any atom is -0.368 e. The quantitative estimate of drug-likeness (QED) is 0.131. The molecule has 2 rings (SSSR count). The van der Waals surface area contributed by atoms with Gasteiger partial charge in [-0.15, -0.1) is 0 Å². The van der Waals surface area contributed by atoms with Crippen molar-refractivity contribution in [3.05, 3.63) is 47.8 Å². The van der Waals surface area contributed by atoms with Crippen LogP contribution < -0.4 is 27.4 Å². The molecule has 39 heavy (non-hydrogen) atoms. The number of primary amides is 1. The number of H-pyrrole nitrogens is 1. The molecule has 0 saturated carbocycles. The van der Waals surface area contributed by atoms with Crippen LogP contribution in [0.2, 0.25) is 0 Å². The molecule has 2 atom stereocenters. The second kappa shape index (κ2) is 18.9. The van der Waals surface area contributed by atoms with Crippen molar-refractivity contribution in [1.29, 1.82) is 0 Å². The summed E-state index contributed by atoms with van der Waals surface area (Å²) in [4.78, 5) is 48.4. The van der Waals surface area contributed by atoms with E-state index in [0.29, 0.717) is 18.8 Å². The fraction of sp³-hybridized carbons (Fsp3) is 0.607. The number of unbranched alkanes of at least 4 members (excludes halogenated alkanes) is 9. The molecule has 0 spiro atoms. The van der Waals surface area contributed by atoms with E-state index in [0.717, 1.165) is 18.5 Å². The summed E-state index contributed by atoms with van der Waals surface area (Å²) in [7, 11) is 0. The van der Waals surface area contributed by atoms with Crippen LogP contribution in [0.4, 0.5) is 0 Å². The summed E-state index contributed by atoms with van der Waals surface area (Å²) < 4.78 is 0.